The fourth-order valence-corrected chi connectivity index (χ4v) is 4.08. The van der Waals surface area contributed by atoms with Crippen molar-refractivity contribution in [2.45, 2.75) is 13.5 Å². The van der Waals surface area contributed by atoms with Gasteiger partial charge < -0.3 is 9.64 Å². The Labute approximate surface area is 177 Å². The maximum atomic E-state index is 12.5. The number of nitrogens with one attached hydrogen (secondary N) is 2. The van der Waals surface area contributed by atoms with E-state index in [-0.39, 0.29) is 0 Å². The van der Waals surface area contributed by atoms with Gasteiger partial charge in [-0.25, -0.2) is 4.98 Å². The number of ether oxygens (including phenoxy) is 1. The second-order valence-corrected chi connectivity index (χ2v) is 7.81. The summed E-state index contributed by atoms with van der Waals surface area (Å²) in [5, 5.41) is 4.99. The average Bonchev–Trinajstić information content (AvgIpc) is 3.40. The van der Waals surface area contributed by atoms with Gasteiger partial charge in [0.1, 0.15) is 4.88 Å². The van der Waals surface area contributed by atoms with Gasteiger partial charge in [0, 0.05) is 19.3 Å². The van der Waals surface area contributed by atoms with Gasteiger partial charge in [0.25, 0.3) is 11.8 Å². The van der Waals surface area contributed by atoms with E-state index in [0.717, 1.165) is 23.8 Å². The topological polar surface area (TPSA) is 101 Å². The third-order valence-electron chi connectivity index (χ3n) is 4.65. The highest BCUT2D eigenvalue weighted by Gasteiger charge is 2.21. The predicted molar refractivity (Wildman–Crippen MR) is 113 cm³/mol. The van der Waals surface area contributed by atoms with Crippen molar-refractivity contribution in [1.82, 2.24) is 25.6 Å². The van der Waals surface area contributed by atoms with Crippen molar-refractivity contribution in [3.63, 3.8) is 0 Å². The maximum Gasteiger partial charge on any atom is 0.281 e. The van der Waals surface area contributed by atoms with Crippen molar-refractivity contribution < 1.29 is 14.3 Å². The summed E-state index contributed by atoms with van der Waals surface area (Å²) in [5.74, 6) is -0.826. The van der Waals surface area contributed by atoms with Crippen LogP contribution in [-0.2, 0) is 11.3 Å². The zero-order chi connectivity index (χ0) is 20.9. The molecular weight excluding hydrogens is 404 g/mol. The highest BCUT2D eigenvalue weighted by molar-refractivity contribution is 7.17. The zero-order valence-corrected chi connectivity index (χ0v) is 17.3. The normalized spacial score (nSPS) is 13.8. The van der Waals surface area contributed by atoms with E-state index in [9.17, 15) is 9.59 Å². The van der Waals surface area contributed by atoms with Gasteiger partial charge in [-0.05, 0) is 12.5 Å². The van der Waals surface area contributed by atoms with Crippen LogP contribution in [-0.4, -0.2) is 52.9 Å². The lowest BCUT2D eigenvalue weighted by molar-refractivity contribution is 0.0848. The van der Waals surface area contributed by atoms with E-state index in [4.69, 9.17) is 4.74 Å². The SMILES string of the molecule is Cc1nc(N2CCOCC2)sc1C(=O)NNC(=O)c1cnn(Cc2ccccc2)c1. The molecule has 0 aliphatic carbocycles. The highest BCUT2D eigenvalue weighted by Crippen LogP contribution is 2.26. The molecule has 10 heteroatoms. The van der Waals surface area contributed by atoms with Crippen LogP contribution in [0.4, 0.5) is 5.13 Å². The Morgan fingerprint density at radius 3 is 2.63 bits per heavy atom. The fraction of sp³-hybridized carbons (Fsp3) is 0.300. The summed E-state index contributed by atoms with van der Waals surface area (Å²) < 4.78 is 7.02. The Morgan fingerprint density at radius 2 is 1.87 bits per heavy atom. The Morgan fingerprint density at radius 1 is 1.13 bits per heavy atom. The van der Waals surface area contributed by atoms with Gasteiger partial charge >= 0.3 is 0 Å². The van der Waals surface area contributed by atoms with E-state index >= 15 is 0 Å². The van der Waals surface area contributed by atoms with Crippen LogP contribution in [0.2, 0.25) is 0 Å². The molecular formula is C20H22N6O3S. The molecule has 1 saturated heterocycles. The first-order chi connectivity index (χ1) is 14.6. The Bertz CT molecular complexity index is 1030. The second kappa shape index (κ2) is 9.06. The molecule has 30 heavy (non-hydrogen) atoms. The van der Waals surface area contributed by atoms with Crippen LogP contribution >= 0.6 is 11.3 Å². The standard InChI is InChI=1S/C20H22N6O3S/c1-14-17(30-20(22-14)25-7-9-29-10-8-25)19(28)24-23-18(27)16-11-21-26(13-16)12-15-5-3-2-4-6-15/h2-6,11,13H,7-10,12H2,1H3,(H,23,27)(H,24,28). The number of hydrazine groups is 1. The maximum absolute atomic E-state index is 12.5. The van der Waals surface area contributed by atoms with E-state index in [2.05, 4.69) is 25.8 Å². The van der Waals surface area contributed by atoms with Gasteiger partial charge in [0.2, 0.25) is 0 Å². The number of morpholine rings is 1. The molecule has 1 aliphatic rings. The monoisotopic (exact) mass is 426 g/mol. The van der Waals surface area contributed by atoms with Crippen LogP contribution in [0.1, 0.15) is 31.3 Å². The first-order valence-electron chi connectivity index (χ1n) is 9.57. The summed E-state index contributed by atoms with van der Waals surface area (Å²) in [6.07, 6.45) is 3.11. The highest BCUT2D eigenvalue weighted by atomic mass is 32.1. The van der Waals surface area contributed by atoms with E-state index in [1.54, 1.807) is 17.8 Å². The van der Waals surface area contributed by atoms with Gasteiger partial charge in [0.15, 0.2) is 5.13 Å². The summed E-state index contributed by atoms with van der Waals surface area (Å²) in [7, 11) is 0. The van der Waals surface area contributed by atoms with Gasteiger partial charge in [-0.2, -0.15) is 5.10 Å². The Kier molecular flexibility index (Phi) is 6.05. The van der Waals surface area contributed by atoms with E-state index in [1.165, 1.54) is 17.5 Å². The van der Waals surface area contributed by atoms with Gasteiger partial charge in [-0.15, -0.1) is 0 Å². The predicted octanol–water partition coefficient (Wildman–Crippen LogP) is 1.61. The minimum Gasteiger partial charge on any atom is -0.378 e. The van der Waals surface area contributed by atoms with E-state index < -0.39 is 11.8 Å². The number of amides is 2. The van der Waals surface area contributed by atoms with Gasteiger partial charge in [-0.3, -0.25) is 25.1 Å². The third-order valence-corrected chi connectivity index (χ3v) is 5.86. The molecule has 2 aromatic heterocycles. The smallest absolute Gasteiger partial charge is 0.281 e. The quantitative estimate of drug-likeness (QED) is 0.601. The van der Waals surface area contributed by atoms with Gasteiger partial charge in [-0.1, -0.05) is 41.7 Å². The van der Waals surface area contributed by atoms with Crippen molar-refractivity contribution in [2.24, 2.45) is 0 Å². The molecule has 0 bridgehead atoms. The summed E-state index contributed by atoms with van der Waals surface area (Å²) >= 11 is 1.31. The Balaban J connectivity index is 1.34. The lowest BCUT2D eigenvalue weighted by Gasteiger charge is -2.25. The summed E-state index contributed by atoms with van der Waals surface area (Å²) in [5.41, 5.74) is 6.98. The molecule has 1 fully saturated rings. The third kappa shape index (κ3) is 4.66. The minimum atomic E-state index is -0.432. The van der Waals surface area contributed by atoms with Crippen LogP contribution in [0, 0.1) is 6.92 Å². The fourth-order valence-electron chi connectivity index (χ4n) is 3.06. The van der Waals surface area contributed by atoms with Crippen LogP contribution in [0.15, 0.2) is 42.7 Å². The molecule has 1 aromatic carbocycles. The largest absolute Gasteiger partial charge is 0.378 e. The van der Waals surface area contributed by atoms with Crippen molar-refractivity contribution in [3.8, 4) is 0 Å². The zero-order valence-electron chi connectivity index (χ0n) is 16.5. The number of nitrogens with zero attached hydrogens (tertiary/aromatic N) is 4. The minimum absolute atomic E-state index is 0.362. The number of aryl methyl sites for hydroxylation is 1. The first-order valence-corrected chi connectivity index (χ1v) is 10.4. The van der Waals surface area contributed by atoms with Crippen LogP contribution in [0.5, 0.6) is 0 Å². The van der Waals surface area contributed by atoms with Crippen LogP contribution in [0.25, 0.3) is 0 Å². The van der Waals surface area contributed by atoms with Crippen molar-refractivity contribution >= 4 is 28.3 Å². The van der Waals surface area contributed by atoms with Crippen molar-refractivity contribution in [3.05, 3.63) is 64.4 Å². The molecule has 2 N–H and O–H groups in total. The van der Waals surface area contributed by atoms with Crippen LogP contribution < -0.4 is 15.8 Å². The van der Waals surface area contributed by atoms with Crippen LogP contribution in [0.3, 0.4) is 0 Å². The first kappa shape index (κ1) is 20.0. The molecule has 3 aromatic rings. The van der Waals surface area contributed by atoms with Gasteiger partial charge in [0.05, 0.1) is 37.2 Å². The number of rotatable bonds is 5. The number of carbonyl (C=O) groups is 2. The molecule has 0 radical (unpaired) electrons. The lowest BCUT2D eigenvalue weighted by atomic mass is 10.2. The lowest BCUT2D eigenvalue weighted by Crippen LogP contribution is -2.41. The number of thiazole rings is 1. The molecule has 0 atom stereocenters. The molecule has 156 valence electrons. The number of hydrogen-bond acceptors (Lipinski definition) is 7. The molecule has 3 heterocycles. The number of aromatic nitrogens is 3. The van der Waals surface area contributed by atoms with E-state index in [1.807, 2.05) is 30.3 Å². The summed E-state index contributed by atoms with van der Waals surface area (Å²) in [4.78, 5) is 31.9. The van der Waals surface area contributed by atoms with Crippen molar-refractivity contribution in [1.29, 1.82) is 0 Å². The summed E-state index contributed by atoms with van der Waals surface area (Å²) in [6, 6.07) is 9.83. The Hall–Kier alpha value is -3.24. The van der Waals surface area contributed by atoms with E-state index in [0.29, 0.717) is 35.9 Å². The molecule has 0 unspecified atom stereocenters. The molecule has 4 rings (SSSR count). The molecule has 0 saturated carbocycles. The number of hydrogen-bond donors (Lipinski definition) is 2. The van der Waals surface area contributed by atoms with Crippen molar-refractivity contribution in [2.75, 3.05) is 31.2 Å². The molecule has 2 amide bonds. The number of anilines is 1. The number of carbonyl (C=O) groups excluding carboxylic acids is 2. The molecule has 9 nitrogen and oxygen atoms in total. The average molecular weight is 427 g/mol. The molecule has 0 spiro atoms. The second-order valence-electron chi connectivity index (χ2n) is 6.83. The molecule has 1 aliphatic heterocycles. The summed E-state index contributed by atoms with van der Waals surface area (Å²) in [6.45, 7) is 5.13. The number of benzene rings is 1.